The molecule has 1 aliphatic heterocycles. The average molecular weight is 640 g/mol. The molecule has 3 aromatic carbocycles. The Labute approximate surface area is 254 Å². The van der Waals surface area contributed by atoms with Gasteiger partial charge in [0.1, 0.15) is 6.10 Å². The number of nitrogens with zero attached hydrogens (tertiary/aromatic N) is 2. The van der Waals surface area contributed by atoms with Gasteiger partial charge in [0.2, 0.25) is 0 Å². The number of halogens is 4. The maximum atomic E-state index is 13.7. The first-order valence-electron chi connectivity index (χ1n) is 13.5. The minimum absolute atomic E-state index is 0.0385. The van der Waals surface area contributed by atoms with Crippen LogP contribution in [0.3, 0.4) is 0 Å². The fourth-order valence-electron chi connectivity index (χ4n) is 4.84. The van der Waals surface area contributed by atoms with Gasteiger partial charge in [0.25, 0.3) is 15.9 Å². The van der Waals surface area contributed by atoms with Crippen molar-refractivity contribution in [2.75, 3.05) is 31.5 Å². The molecule has 1 heterocycles. The molecule has 0 spiro atoms. The number of rotatable bonds is 9. The first-order chi connectivity index (χ1) is 20.2. The highest BCUT2D eigenvalue weighted by Crippen LogP contribution is 2.36. The highest BCUT2D eigenvalue weighted by Gasteiger charge is 2.35. The lowest BCUT2D eigenvalue weighted by atomic mass is 9.99. The van der Waals surface area contributed by atoms with Crippen LogP contribution in [-0.2, 0) is 22.7 Å². The number of aliphatic hydroxyl groups excluding tert-OH is 1. The van der Waals surface area contributed by atoms with E-state index < -0.39 is 39.8 Å². The third kappa shape index (κ3) is 7.80. The SMILES string of the molecule is C[C@@H]1CN([C@H](C)CO)C(=O)c2cccc(NS(=O)(=O)c3ccc(Cl)cc3)c2O[C@H]1CN(C)Cc1ccc(C(F)(F)F)cc1. The Morgan fingerprint density at radius 1 is 1.12 bits per heavy atom. The van der Waals surface area contributed by atoms with E-state index >= 15 is 0 Å². The molecule has 0 saturated heterocycles. The summed E-state index contributed by atoms with van der Waals surface area (Å²) in [4.78, 5) is 17.1. The molecule has 3 aromatic rings. The molecule has 1 aliphatic rings. The van der Waals surface area contributed by atoms with Crippen LogP contribution in [0.25, 0.3) is 0 Å². The highest BCUT2D eigenvalue weighted by atomic mass is 35.5. The molecule has 43 heavy (non-hydrogen) atoms. The number of fused-ring (bicyclic) bond motifs is 1. The summed E-state index contributed by atoms with van der Waals surface area (Å²) in [6.45, 7) is 4.18. The predicted molar refractivity (Wildman–Crippen MR) is 158 cm³/mol. The van der Waals surface area contributed by atoms with Gasteiger partial charge in [0, 0.05) is 30.6 Å². The van der Waals surface area contributed by atoms with Crippen LogP contribution >= 0.6 is 11.6 Å². The van der Waals surface area contributed by atoms with Crippen molar-refractivity contribution in [3.63, 3.8) is 0 Å². The number of benzene rings is 3. The van der Waals surface area contributed by atoms with Crippen LogP contribution in [0.4, 0.5) is 18.9 Å². The lowest BCUT2D eigenvalue weighted by molar-refractivity contribution is -0.137. The normalized spacial score (nSPS) is 18.4. The quantitative estimate of drug-likeness (QED) is 0.320. The van der Waals surface area contributed by atoms with Gasteiger partial charge < -0.3 is 14.7 Å². The molecule has 0 unspecified atom stereocenters. The molecule has 0 bridgehead atoms. The molecular formula is C30H33ClF3N3O5S. The number of aliphatic hydroxyl groups is 1. The van der Waals surface area contributed by atoms with Crippen LogP contribution in [0.1, 0.15) is 35.3 Å². The fraction of sp³-hybridized carbons (Fsp3) is 0.367. The molecule has 13 heteroatoms. The minimum Gasteiger partial charge on any atom is -0.486 e. The van der Waals surface area contributed by atoms with E-state index in [1.54, 1.807) is 20.0 Å². The number of carbonyl (C=O) groups is 1. The summed E-state index contributed by atoms with van der Waals surface area (Å²) in [5, 5.41) is 10.3. The van der Waals surface area contributed by atoms with Gasteiger partial charge in [0.05, 0.1) is 34.4 Å². The molecular weight excluding hydrogens is 607 g/mol. The van der Waals surface area contributed by atoms with Gasteiger partial charge in [-0.05, 0) is 68.1 Å². The number of para-hydroxylation sites is 1. The van der Waals surface area contributed by atoms with Crippen molar-refractivity contribution in [2.24, 2.45) is 5.92 Å². The maximum Gasteiger partial charge on any atom is 0.416 e. The zero-order valence-electron chi connectivity index (χ0n) is 23.8. The number of carbonyl (C=O) groups excluding carboxylic acids is 1. The standard InChI is InChI=1S/C30H33ClF3N3O5S/c1-19-15-37(20(2)18-38)29(39)25-5-4-6-26(35-43(40,41)24-13-11-23(31)12-14-24)28(25)42-27(19)17-36(3)16-21-7-9-22(10-8-21)30(32,33)34/h4-14,19-20,27,35,38H,15-18H2,1-3H3/t19-,20-,27+/m1/s1. The van der Waals surface area contributed by atoms with E-state index in [0.717, 1.165) is 12.1 Å². The first-order valence-corrected chi connectivity index (χ1v) is 15.4. The number of alkyl halides is 3. The Bertz CT molecular complexity index is 1540. The van der Waals surface area contributed by atoms with Gasteiger partial charge in [-0.1, -0.05) is 36.7 Å². The van der Waals surface area contributed by atoms with E-state index in [0.29, 0.717) is 23.7 Å². The van der Waals surface area contributed by atoms with Crippen molar-refractivity contribution < 1.29 is 36.2 Å². The number of likely N-dealkylation sites (N-methyl/N-ethyl adjacent to an activating group) is 1. The molecule has 0 saturated carbocycles. The van der Waals surface area contributed by atoms with Crippen LogP contribution in [0.5, 0.6) is 5.75 Å². The van der Waals surface area contributed by atoms with Crippen LogP contribution in [0.15, 0.2) is 71.6 Å². The summed E-state index contributed by atoms with van der Waals surface area (Å²) in [5.41, 5.74) is 0.112. The van der Waals surface area contributed by atoms with E-state index in [2.05, 4.69) is 4.72 Å². The van der Waals surface area contributed by atoms with Gasteiger partial charge >= 0.3 is 6.18 Å². The molecule has 0 fully saturated rings. The zero-order chi connectivity index (χ0) is 31.5. The van der Waals surface area contributed by atoms with Gasteiger partial charge in [-0.25, -0.2) is 8.42 Å². The molecule has 4 rings (SSSR count). The largest absolute Gasteiger partial charge is 0.486 e. The zero-order valence-corrected chi connectivity index (χ0v) is 25.4. The van der Waals surface area contributed by atoms with Crippen LogP contribution in [0, 0.1) is 5.92 Å². The Morgan fingerprint density at radius 3 is 2.37 bits per heavy atom. The summed E-state index contributed by atoms with van der Waals surface area (Å²) >= 11 is 5.92. The summed E-state index contributed by atoms with van der Waals surface area (Å²) in [7, 11) is -2.30. The first kappa shape index (κ1) is 32.6. The number of nitrogens with one attached hydrogen (secondary N) is 1. The van der Waals surface area contributed by atoms with Crippen molar-refractivity contribution in [2.45, 2.75) is 43.6 Å². The maximum absolute atomic E-state index is 13.7. The Balaban J connectivity index is 1.66. The summed E-state index contributed by atoms with van der Waals surface area (Å²) in [5.74, 6) is -0.658. The smallest absolute Gasteiger partial charge is 0.416 e. The summed E-state index contributed by atoms with van der Waals surface area (Å²) in [6.07, 6.45) is -5.00. The average Bonchev–Trinajstić information content (AvgIpc) is 2.94. The van der Waals surface area contributed by atoms with Gasteiger partial charge in [-0.3, -0.25) is 14.4 Å². The van der Waals surface area contributed by atoms with Crippen LogP contribution in [-0.4, -0.2) is 68.1 Å². The van der Waals surface area contributed by atoms with Crippen molar-refractivity contribution in [3.05, 3.63) is 88.4 Å². The summed E-state index contributed by atoms with van der Waals surface area (Å²) in [6, 6.07) is 14.6. The monoisotopic (exact) mass is 639 g/mol. The van der Waals surface area contributed by atoms with Gasteiger partial charge in [0.15, 0.2) is 5.75 Å². The van der Waals surface area contributed by atoms with E-state index in [4.69, 9.17) is 16.3 Å². The van der Waals surface area contributed by atoms with Crippen LogP contribution < -0.4 is 9.46 Å². The third-order valence-electron chi connectivity index (χ3n) is 7.28. The molecule has 0 radical (unpaired) electrons. The molecule has 2 N–H and O–H groups in total. The van der Waals surface area contributed by atoms with E-state index in [1.165, 1.54) is 53.4 Å². The van der Waals surface area contributed by atoms with Gasteiger partial charge in [-0.2, -0.15) is 13.2 Å². The van der Waals surface area contributed by atoms with Crippen LogP contribution in [0.2, 0.25) is 5.02 Å². The minimum atomic E-state index is -4.43. The molecule has 232 valence electrons. The van der Waals surface area contributed by atoms with Crippen molar-refractivity contribution in [1.29, 1.82) is 0 Å². The lowest BCUT2D eigenvalue weighted by Gasteiger charge is -2.38. The summed E-state index contributed by atoms with van der Waals surface area (Å²) < 4.78 is 74.5. The third-order valence-corrected chi connectivity index (χ3v) is 8.92. The second kappa shape index (κ2) is 13.1. The van der Waals surface area contributed by atoms with Crippen molar-refractivity contribution in [3.8, 4) is 5.75 Å². The van der Waals surface area contributed by atoms with E-state index in [-0.39, 0.29) is 41.0 Å². The van der Waals surface area contributed by atoms with Gasteiger partial charge in [-0.15, -0.1) is 0 Å². The number of hydrogen-bond acceptors (Lipinski definition) is 6. The lowest BCUT2D eigenvalue weighted by Crippen LogP contribution is -2.49. The number of amides is 1. The van der Waals surface area contributed by atoms with Crippen molar-refractivity contribution >= 4 is 33.2 Å². The number of sulfonamides is 1. The highest BCUT2D eigenvalue weighted by molar-refractivity contribution is 7.92. The Morgan fingerprint density at radius 2 is 1.77 bits per heavy atom. The van der Waals surface area contributed by atoms with E-state index in [1.807, 2.05) is 11.8 Å². The van der Waals surface area contributed by atoms with Crippen molar-refractivity contribution in [1.82, 2.24) is 9.80 Å². The molecule has 0 aromatic heterocycles. The predicted octanol–water partition coefficient (Wildman–Crippen LogP) is 5.51. The second-order valence-corrected chi connectivity index (χ2v) is 12.9. The number of hydrogen-bond donors (Lipinski definition) is 2. The molecule has 1 amide bonds. The topological polar surface area (TPSA) is 99.2 Å². The Kier molecular flexibility index (Phi) is 9.95. The number of anilines is 1. The van der Waals surface area contributed by atoms with E-state index in [9.17, 15) is 31.5 Å². The molecule has 0 aliphatic carbocycles. The second-order valence-electron chi connectivity index (χ2n) is 10.8. The number of ether oxygens (including phenoxy) is 1. The Hall–Kier alpha value is -3.32. The molecule has 3 atom stereocenters. The fourth-order valence-corrected chi connectivity index (χ4v) is 6.03. The molecule has 8 nitrogen and oxygen atoms in total.